The summed E-state index contributed by atoms with van der Waals surface area (Å²) in [6, 6.07) is 3.25. The summed E-state index contributed by atoms with van der Waals surface area (Å²) < 4.78 is 4.86. The normalized spacial score (nSPS) is 11.6. The van der Waals surface area contributed by atoms with Gasteiger partial charge in [0.2, 0.25) is 0 Å². The van der Waals surface area contributed by atoms with Crippen LogP contribution in [0, 0.1) is 10.1 Å². The number of carbonyl (C=O) groups is 1. The van der Waals surface area contributed by atoms with Crippen molar-refractivity contribution in [2.24, 2.45) is 0 Å². The van der Waals surface area contributed by atoms with Gasteiger partial charge in [0, 0.05) is 0 Å². The molecule has 7 nitrogen and oxygen atoms in total. The van der Waals surface area contributed by atoms with Crippen LogP contribution in [0.1, 0.15) is 6.92 Å². The number of nitro groups is 1. The van der Waals surface area contributed by atoms with Crippen molar-refractivity contribution in [3.05, 3.63) is 28.3 Å². The number of aliphatic carboxylic acids is 1. The minimum Gasteiger partial charge on any atom is -0.496 e. The van der Waals surface area contributed by atoms with Crippen molar-refractivity contribution in [1.29, 1.82) is 0 Å². The maximum Gasteiger partial charge on any atom is 0.325 e. The molecule has 2 N–H and O–H groups in total. The van der Waals surface area contributed by atoms with Crippen LogP contribution in [0.25, 0.3) is 0 Å². The van der Waals surface area contributed by atoms with E-state index in [1.807, 2.05) is 0 Å². The van der Waals surface area contributed by atoms with E-state index in [-0.39, 0.29) is 11.4 Å². The molecule has 0 aliphatic rings. The molecule has 0 fully saturated rings. The van der Waals surface area contributed by atoms with Crippen LogP contribution in [0.3, 0.4) is 0 Å². The van der Waals surface area contributed by atoms with Crippen molar-refractivity contribution in [1.82, 2.24) is 0 Å². The Kier molecular flexibility index (Phi) is 3.86. The van der Waals surface area contributed by atoms with Gasteiger partial charge in [-0.05, 0) is 19.1 Å². The molecule has 1 aromatic rings. The first-order valence-corrected chi connectivity index (χ1v) is 4.77. The van der Waals surface area contributed by atoms with Crippen molar-refractivity contribution in [2.75, 3.05) is 12.4 Å². The molecule has 0 spiro atoms. The minimum atomic E-state index is -1.09. The lowest BCUT2D eigenvalue weighted by Gasteiger charge is -2.11. The number of nitro benzene ring substituents is 1. The Morgan fingerprint density at radius 2 is 2.24 bits per heavy atom. The summed E-state index contributed by atoms with van der Waals surface area (Å²) >= 11 is 0. The van der Waals surface area contributed by atoms with E-state index in [2.05, 4.69) is 5.32 Å². The number of methoxy groups -OCH3 is 1. The van der Waals surface area contributed by atoms with Crippen LogP contribution in [0.15, 0.2) is 18.2 Å². The van der Waals surface area contributed by atoms with Crippen LogP contribution in [-0.2, 0) is 4.79 Å². The standard InChI is InChI=1S/C10H12N2O5/c1-6(10(13)14)11-8-4-3-7(17-2)5-9(8)12(15)16/h3-6,11H,1-2H3,(H,13,14). The van der Waals surface area contributed by atoms with E-state index in [0.29, 0.717) is 5.75 Å². The maximum absolute atomic E-state index is 10.8. The van der Waals surface area contributed by atoms with Gasteiger partial charge in [-0.1, -0.05) is 0 Å². The number of ether oxygens (including phenoxy) is 1. The molecule has 0 amide bonds. The van der Waals surface area contributed by atoms with Gasteiger partial charge in [0.05, 0.1) is 18.1 Å². The molecule has 1 unspecified atom stereocenters. The molecule has 0 bridgehead atoms. The molecule has 1 aromatic carbocycles. The summed E-state index contributed by atoms with van der Waals surface area (Å²) in [4.78, 5) is 20.9. The topological polar surface area (TPSA) is 102 Å². The average molecular weight is 240 g/mol. The second-order valence-electron chi connectivity index (χ2n) is 3.34. The second kappa shape index (κ2) is 5.15. The maximum atomic E-state index is 10.8. The summed E-state index contributed by atoms with van der Waals surface area (Å²) in [5, 5.41) is 22.1. The number of carboxylic acid groups (broad SMARTS) is 1. The summed E-state index contributed by atoms with van der Waals surface area (Å²) in [5.74, 6) is -0.750. The van der Waals surface area contributed by atoms with E-state index < -0.39 is 16.9 Å². The summed E-state index contributed by atoms with van der Waals surface area (Å²) in [7, 11) is 1.39. The third-order valence-electron chi connectivity index (χ3n) is 2.14. The molecule has 0 saturated heterocycles. The van der Waals surface area contributed by atoms with Crippen LogP contribution < -0.4 is 10.1 Å². The van der Waals surface area contributed by atoms with Gasteiger partial charge in [-0.25, -0.2) is 0 Å². The van der Waals surface area contributed by atoms with E-state index in [9.17, 15) is 14.9 Å². The smallest absolute Gasteiger partial charge is 0.325 e. The van der Waals surface area contributed by atoms with E-state index in [1.54, 1.807) is 0 Å². The number of nitrogens with zero attached hydrogens (tertiary/aromatic N) is 1. The highest BCUT2D eigenvalue weighted by Crippen LogP contribution is 2.29. The van der Waals surface area contributed by atoms with Crippen LogP contribution in [0.4, 0.5) is 11.4 Å². The molecule has 0 saturated carbocycles. The monoisotopic (exact) mass is 240 g/mol. The van der Waals surface area contributed by atoms with Gasteiger partial charge < -0.3 is 15.2 Å². The average Bonchev–Trinajstić information content (AvgIpc) is 2.29. The Morgan fingerprint density at radius 3 is 2.71 bits per heavy atom. The zero-order valence-corrected chi connectivity index (χ0v) is 9.34. The molecule has 7 heteroatoms. The van der Waals surface area contributed by atoms with Crippen molar-refractivity contribution >= 4 is 17.3 Å². The molecule has 17 heavy (non-hydrogen) atoms. The molecular formula is C10H12N2O5. The lowest BCUT2D eigenvalue weighted by atomic mass is 10.2. The fraction of sp³-hybridized carbons (Fsp3) is 0.300. The van der Waals surface area contributed by atoms with Crippen LogP contribution in [-0.4, -0.2) is 29.2 Å². The predicted octanol–water partition coefficient (Wildman–Crippen LogP) is 1.49. The van der Waals surface area contributed by atoms with Crippen LogP contribution >= 0.6 is 0 Å². The Balaban J connectivity index is 3.06. The lowest BCUT2D eigenvalue weighted by Crippen LogP contribution is -2.25. The first-order valence-electron chi connectivity index (χ1n) is 4.77. The largest absolute Gasteiger partial charge is 0.496 e. The lowest BCUT2D eigenvalue weighted by molar-refractivity contribution is -0.384. The number of anilines is 1. The van der Waals surface area contributed by atoms with Gasteiger partial charge in [0.25, 0.3) is 5.69 Å². The van der Waals surface area contributed by atoms with E-state index in [0.717, 1.165) is 0 Å². The summed E-state index contributed by atoms with van der Waals surface area (Å²) in [6.07, 6.45) is 0. The highest BCUT2D eigenvalue weighted by atomic mass is 16.6. The summed E-state index contributed by atoms with van der Waals surface area (Å²) in [6.45, 7) is 1.40. The number of hydrogen-bond acceptors (Lipinski definition) is 5. The SMILES string of the molecule is COc1ccc(NC(C)C(=O)O)c([N+](=O)[O-])c1. The molecule has 0 aromatic heterocycles. The fourth-order valence-corrected chi connectivity index (χ4v) is 1.21. The molecule has 1 rings (SSSR count). The molecule has 0 aliphatic heterocycles. The van der Waals surface area contributed by atoms with Crippen molar-refractivity contribution in [2.45, 2.75) is 13.0 Å². The fourth-order valence-electron chi connectivity index (χ4n) is 1.21. The van der Waals surface area contributed by atoms with Gasteiger partial charge in [-0.2, -0.15) is 0 Å². The number of benzene rings is 1. The van der Waals surface area contributed by atoms with E-state index in [4.69, 9.17) is 9.84 Å². The van der Waals surface area contributed by atoms with Crippen molar-refractivity contribution in [3.8, 4) is 5.75 Å². The zero-order chi connectivity index (χ0) is 13.0. The van der Waals surface area contributed by atoms with Crippen LogP contribution in [0.5, 0.6) is 5.75 Å². The first kappa shape index (κ1) is 12.8. The minimum absolute atomic E-state index is 0.144. The van der Waals surface area contributed by atoms with Gasteiger partial charge in [0.15, 0.2) is 0 Å². The van der Waals surface area contributed by atoms with Gasteiger partial charge in [-0.3, -0.25) is 14.9 Å². The molecule has 1 atom stereocenters. The zero-order valence-electron chi connectivity index (χ0n) is 9.34. The highest BCUT2D eigenvalue weighted by molar-refractivity contribution is 5.78. The Hall–Kier alpha value is -2.31. The summed E-state index contributed by atoms with van der Waals surface area (Å²) in [5.41, 5.74) is -0.0804. The van der Waals surface area contributed by atoms with E-state index >= 15 is 0 Å². The molecule has 0 radical (unpaired) electrons. The van der Waals surface area contributed by atoms with Crippen molar-refractivity contribution < 1.29 is 19.6 Å². The molecule has 92 valence electrons. The van der Waals surface area contributed by atoms with Gasteiger partial charge >= 0.3 is 5.97 Å². The number of carboxylic acids is 1. The van der Waals surface area contributed by atoms with Gasteiger partial charge in [0.1, 0.15) is 17.5 Å². The Morgan fingerprint density at radius 1 is 1.59 bits per heavy atom. The predicted molar refractivity (Wildman–Crippen MR) is 60.4 cm³/mol. The van der Waals surface area contributed by atoms with Gasteiger partial charge in [-0.15, -0.1) is 0 Å². The van der Waals surface area contributed by atoms with Crippen molar-refractivity contribution in [3.63, 3.8) is 0 Å². The number of hydrogen-bond donors (Lipinski definition) is 2. The highest BCUT2D eigenvalue weighted by Gasteiger charge is 2.19. The Bertz CT molecular complexity index is 446. The third kappa shape index (κ3) is 3.07. The third-order valence-corrected chi connectivity index (χ3v) is 2.14. The first-order chi connectivity index (χ1) is 7.95. The quantitative estimate of drug-likeness (QED) is 0.597. The van der Waals surface area contributed by atoms with Crippen LogP contribution in [0.2, 0.25) is 0 Å². The Labute approximate surface area is 97.2 Å². The number of rotatable bonds is 5. The molecule has 0 aliphatic carbocycles. The number of nitrogens with one attached hydrogen (secondary N) is 1. The molecule has 0 heterocycles. The van der Waals surface area contributed by atoms with E-state index in [1.165, 1.54) is 32.2 Å². The second-order valence-corrected chi connectivity index (χ2v) is 3.34. The molecular weight excluding hydrogens is 228 g/mol.